The van der Waals surface area contributed by atoms with Crippen molar-refractivity contribution in [1.82, 2.24) is 9.97 Å². The lowest BCUT2D eigenvalue weighted by molar-refractivity contribution is -0.144. The predicted molar refractivity (Wildman–Crippen MR) is 110 cm³/mol. The lowest BCUT2D eigenvalue weighted by Crippen LogP contribution is -2.16. The zero-order valence-corrected chi connectivity index (χ0v) is 17.3. The summed E-state index contributed by atoms with van der Waals surface area (Å²) in [5.41, 5.74) is 2.03. The Morgan fingerprint density at radius 3 is 2.59 bits per heavy atom. The highest BCUT2D eigenvalue weighted by atomic mass is 16.5. The smallest absolute Gasteiger partial charge is 0.306 e. The fraction of sp³-hybridized carbons (Fsp3) is 0.429. The van der Waals surface area contributed by atoms with Gasteiger partial charge in [-0.1, -0.05) is 6.92 Å². The first kappa shape index (κ1) is 22.1. The fourth-order valence-corrected chi connectivity index (χ4v) is 2.58. The molecule has 1 aromatic carbocycles. The molecule has 2 aromatic rings. The van der Waals surface area contributed by atoms with E-state index in [1.807, 2.05) is 6.92 Å². The monoisotopic (exact) mass is 401 g/mol. The van der Waals surface area contributed by atoms with E-state index in [2.05, 4.69) is 15.3 Å². The molecule has 0 aliphatic heterocycles. The Kier molecular flexibility index (Phi) is 7.94. The number of aromatic nitrogens is 2. The van der Waals surface area contributed by atoms with E-state index in [9.17, 15) is 14.4 Å². The molecule has 0 atom stereocenters. The number of nitrogens with one attached hydrogen (secondary N) is 2. The van der Waals surface area contributed by atoms with Gasteiger partial charge in [-0.2, -0.15) is 0 Å². The second kappa shape index (κ2) is 10.4. The van der Waals surface area contributed by atoms with Crippen LogP contribution in [0.25, 0.3) is 11.4 Å². The summed E-state index contributed by atoms with van der Waals surface area (Å²) < 4.78 is 10.6. The normalized spacial score (nSPS) is 10.5. The summed E-state index contributed by atoms with van der Waals surface area (Å²) in [6.07, 6.45) is 0.847. The van der Waals surface area contributed by atoms with E-state index in [1.54, 1.807) is 39.0 Å². The first-order valence-electron chi connectivity index (χ1n) is 9.65. The summed E-state index contributed by atoms with van der Waals surface area (Å²) >= 11 is 0. The van der Waals surface area contributed by atoms with Gasteiger partial charge in [0.05, 0.1) is 25.2 Å². The molecule has 0 bridgehead atoms. The number of aryl methyl sites for hydroxylation is 1. The van der Waals surface area contributed by atoms with E-state index in [0.29, 0.717) is 40.7 Å². The first-order valence-corrected chi connectivity index (χ1v) is 9.65. The molecular weight excluding hydrogens is 374 g/mol. The lowest BCUT2D eigenvalue weighted by Gasteiger charge is -2.14. The highest BCUT2D eigenvalue weighted by Crippen LogP contribution is 2.31. The van der Waals surface area contributed by atoms with Crippen LogP contribution in [0.3, 0.4) is 0 Å². The van der Waals surface area contributed by atoms with Crippen LogP contribution >= 0.6 is 0 Å². The molecule has 1 amide bonds. The third kappa shape index (κ3) is 6.17. The zero-order valence-electron chi connectivity index (χ0n) is 17.3. The van der Waals surface area contributed by atoms with Crippen LogP contribution in [-0.4, -0.2) is 35.1 Å². The van der Waals surface area contributed by atoms with Crippen molar-refractivity contribution in [1.29, 1.82) is 0 Å². The van der Waals surface area contributed by atoms with E-state index in [-0.39, 0.29) is 30.9 Å². The van der Waals surface area contributed by atoms with Crippen molar-refractivity contribution in [3.63, 3.8) is 0 Å². The van der Waals surface area contributed by atoms with E-state index < -0.39 is 5.97 Å². The highest BCUT2D eigenvalue weighted by molar-refractivity contribution is 5.93. The van der Waals surface area contributed by atoms with Crippen molar-refractivity contribution >= 4 is 17.6 Å². The number of benzene rings is 1. The number of aromatic amines is 1. The van der Waals surface area contributed by atoms with E-state index in [0.717, 1.165) is 6.42 Å². The fourth-order valence-electron chi connectivity index (χ4n) is 2.58. The molecule has 1 aromatic heterocycles. The van der Waals surface area contributed by atoms with Gasteiger partial charge in [-0.05, 0) is 45.4 Å². The van der Waals surface area contributed by atoms with Crippen molar-refractivity contribution < 1.29 is 19.1 Å². The van der Waals surface area contributed by atoms with Gasteiger partial charge in [-0.15, -0.1) is 0 Å². The molecule has 0 radical (unpaired) electrons. The molecule has 0 aliphatic rings. The van der Waals surface area contributed by atoms with Crippen molar-refractivity contribution in [2.45, 2.75) is 47.0 Å². The molecule has 0 unspecified atom stereocenters. The number of carbonyl (C=O) groups is 2. The summed E-state index contributed by atoms with van der Waals surface area (Å²) in [6, 6.07) is 5.12. The number of hydrogen-bond acceptors (Lipinski definition) is 6. The summed E-state index contributed by atoms with van der Waals surface area (Å²) in [7, 11) is 0. The van der Waals surface area contributed by atoms with E-state index in [1.165, 1.54) is 0 Å². The maximum atomic E-state index is 12.2. The zero-order chi connectivity index (χ0) is 21.4. The standard InChI is InChI=1S/C21H27N3O5/c1-5-11-29-17-8-7-15(23-18(25)9-10-19(26)28-6-2)12-16(17)20-22-14(4)13(3)21(27)24-20/h7-8,12H,5-6,9-11H2,1-4H3,(H,23,25)(H,22,24,27). The Hall–Kier alpha value is -3.16. The molecule has 2 N–H and O–H groups in total. The number of ether oxygens (including phenoxy) is 2. The molecule has 0 saturated carbocycles. The van der Waals surface area contributed by atoms with Crippen LogP contribution in [0.4, 0.5) is 5.69 Å². The highest BCUT2D eigenvalue weighted by Gasteiger charge is 2.14. The van der Waals surface area contributed by atoms with E-state index in [4.69, 9.17) is 9.47 Å². The van der Waals surface area contributed by atoms with Crippen LogP contribution in [-0.2, 0) is 14.3 Å². The Morgan fingerprint density at radius 2 is 1.93 bits per heavy atom. The minimum Gasteiger partial charge on any atom is -0.493 e. The molecule has 8 heteroatoms. The van der Waals surface area contributed by atoms with Gasteiger partial charge in [0.1, 0.15) is 11.6 Å². The number of esters is 1. The Morgan fingerprint density at radius 1 is 1.17 bits per heavy atom. The third-order valence-corrected chi connectivity index (χ3v) is 4.24. The van der Waals surface area contributed by atoms with Gasteiger partial charge in [0, 0.05) is 23.4 Å². The molecule has 2 rings (SSSR count). The van der Waals surface area contributed by atoms with Crippen LogP contribution in [0.15, 0.2) is 23.0 Å². The molecule has 0 saturated heterocycles. The van der Waals surface area contributed by atoms with Crippen molar-refractivity contribution in [3.05, 3.63) is 39.8 Å². The largest absolute Gasteiger partial charge is 0.493 e. The number of rotatable bonds is 9. The van der Waals surface area contributed by atoms with Gasteiger partial charge < -0.3 is 19.8 Å². The number of hydrogen-bond donors (Lipinski definition) is 2. The second-order valence-corrected chi connectivity index (χ2v) is 6.54. The van der Waals surface area contributed by atoms with Gasteiger partial charge in [-0.25, -0.2) is 4.98 Å². The van der Waals surface area contributed by atoms with Crippen LogP contribution in [0.5, 0.6) is 5.75 Å². The maximum absolute atomic E-state index is 12.2. The summed E-state index contributed by atoms with van der Waals surface area (Å²) in [5, 5.41) is 2.75. The number of H-pyrrole nitrogens is 1. The van der Waals surface area contributed by atoms with Gasteiger partial charge >= 0.3 is 5.97 Å². The molecule has 8 nitrogen and oxygen atoms in total. The van der Waals surface area contributed by atoms with Gasteiger partial charge in [0.15, 0.2) is 0 Å². The number of anilines is 1. The Bertz CT molecular complexity index is 936. The Balaban J connectivity index is 2.28. The molecule has 156 valence electrons. The summed E-state index contributed by atoms with van der Waals surface area (Å²) in [4.78, 5) is 43.0. The Labute approximate surface area is 169 Å². The van der Waals surface area contributed by atoms with Gasteiger partial charge in [0.25, 0.3) is 5.56 Å². The molecule has 0 aliphatic carbocycles. The SMILES string of the molecule is CCCOc1ccc(NC(=O)CCC(=O)OCC)cc1-c1nc(C)c(C)c(=O)[nH]1. The lowest BCUT2D eigenvalue weighted by atomic mass is 10.1. The predicted octanol–water partition coefficient (Wildman–Crippen LogP) is 3.12. The van der Waals surface area contributed by atoms with Gasteiger partial charge in [-0.3, -0.25) is 14.4 Å². The number of carbonyl (C=O) groups excluding carboxylic acids is 2. The van der Waals surface area contributed by atoms with Crippen molar-refractivity contribution in [2.75, 3.05) is 18.5 Å². The summed E-state index contributed by atoms with van der Waals surface area (Å²) in [5.74, 6) is 0.200. The average molecular weight is 401 g/mol. The number of amides is 1. The van der Waals surface area contributed by atoms with Crippen molar-refractivity contribution in [3.8, 4) is 17.1 Å². The minimum atomic E-state index is -0.413. The molecule has 29 heavy (non-hydrogen) atoms. The summed E-state index contributed by atoms with van der Waals surface area (Å²) in [6.45, 7) is 7.97. The van der Waals surface area contributed by atoms with E-state index >= 15 is 0 Å². The van der Waals surface area contributed by atoms with Crippen molar-refractivity contribution in [2.24, 2.45) is 0 Å². The second-order valence-electron chi connectivity index (χ2n) is 6.54. The average Bonchev–Trinajstić information content (AvgIpc) is 2.69. The van der Waals surface area contributed by atoms with Crippen LogP contribution < -0.4 is 15.6 Å². The first-order chi connectivity index (χ1) is 13.8. The third-order valence-electron chi connectivity index (χ3n) is 4.24. The minimum absolute atomic E-state index is 0.0102. The quantitative estimate of drug-likeness (QED) is 0.625. The molecule has 1 heterocycles. The van der Waals surface area contributed by atoms with Crippen LogP contribution in [0.1, 0.15) is 44.4 Å². The number of nitrogens with zero attached hydrogens (tertiary/aromatic N) is 1. The van der Waals surface area contributed by atoms with Crippen LogP contribution in [0, 0.1) is 13.8 Å². The molecule has 0 fully saturated rings. The van der Waals surface area contributed by atoms with Gasteiger partial charge in [0.2, 0.25) is 5.91 Å². The topological polar surface area (TPSA) is 110 Å². The molecular formula is C21H27N3O5. The van der Waals surface area contributed by atoms with Crippen LogP contribution in [0.2, 0.25) is 0 Å². The maximum Gasteiger partial charge on any atom is 0.306 e. The molecule has 0 spiro atoms.